The smallest absolute Gasteiger partial charge is 0.255 e. The van der Waals surface area contributed by atoms with Crippen molar-refractivity contribution in [1.29, 1.82) is 5.26 Å². The predicted molar refractivity (Wildman–Crippen MR) is 111 cm³/mol. The van der Waals surface area contributed by atoms with Crippen LogP contribution in [-0.4, -0.2) is 30.7 Å². The lowest BCUT2D eigenvalue weighted by Crippen LogP contribution is -2.58. The third-order valence-electron chi connectivity index (χ3n) is 5.15. The number of hydrogen-bond donors (Lipinski definition) is 3. The Morgan fingerprint density at radius 2 is 2.07 bits per heavy atom. The van der Waals surface area contributed by atoms with Gasteiger partial charge in [0, 0.05) is 18.0 Å². The summed E-state index contributed by atoms with van der Waals surface area (Å²) in [4.78, 5) is 12.7. The van der Waals surface area contributed by atoms with Crippen LogP contribution < -0.4 is 20.7 Å². The minimum Gasteiger partial charge on any atom is -0.496 e. The summed E-state index contributed by atoms with van der Waals surface area (Å²) in [6, 6.07) is 13.4. The van der Waals surface area contributed by atoms with Crippen molar-refractivity contribution in [3.05, 3.63) is 65.5 Å². The molecule has 2 aromatic carbocycles. The van der Waals surface area contributed by atoms with Crippen LogP contribution in [0.3, 0.4) is 0 Å². The van der Waals surface area contributed by atoms with Crippen LogP contribution in [0.2, 0.25) is 0 Å². The fourth-order valence-corrected chi connectivity index (χ4v) is 3.95. The summed E-state index contributed by atoms with van der Waals surface area (Å²) in [5.41, 5.74) is 0.826. The number of methoxy groups -OCH3 is 1. The van der Waals surface area contributed by atoms with Gasteiger partial charge in [-0.05, 0) is 54.9 Å². The number of carbonyl (C=O) groups is 1. The van der Waals surface area contributed by atoms with E-state index in [1.54, 1.807) is 36.5 Å². The molecule has 0 radical (unpaired) electrons. The van der Waals surface area contributed by atoms with E-state index in [1.807, 2.05) is 6.07 Å². The van der Waals surface area contributed by atoms with Crippen LogP contribution in [0.15, 0.2) is 48.5 Å². The Labute approximate surface area is 174 Å². The monoisotopic (exact) mass is 412 g/mol. The molecule has 0 spiro atoms. The van der Waals surface area contributed by atoms with Crippen LogP contribution >= 0.6 is 12.2 Å². The molecule has 6 nitrogen and oxygen atoms in total. The zero-order chi connectivity index (χ0) is 20.9. The maximum Gasteiger partial charge on any atom is 0.255 e. The maximum atomic E-state index is 13.8. The van der Waals surface area contributed by atoms with Crippen LogP contribution in [-0.2, 0) is 5.41 Å². The lowest BCUT2D eigenvalue weighted by atomic mass is 9.61. The van der Waals surface area contributed by atoms with Crippen LogP contribution in [0.25, 0.3) is 0 Å². The fourth-order valence-electron chi connectivity index (χ4n) is 3.74. The van der Waals surface area contributed by atoms with Gasteiger partial charge in [-0.2, -0.15) is 5.26 Å². The molecule has 3 rings (SSSR count). The molecule has 0 atom stereocenters. The molecule has 0 unspecified atom stereocenters. The summed E-state index contributed by atoms with van der Waals surface area (Å²) in [6.07, 6.45) is 3.05. The fraction of sp³-hybridized carbons (Fsp3) is 0.286. The van der Waals surface area contributed by atoms with Gasteiger partial charge in [0.05, 0.1) is 12.7 Å². The van der Waals surface area contributed by atoms with E-state index >= 15 is 0 Å². The van der Waals surface area contributed by atoms with Gasteiger partial charge in [-0.3, -0.25) is 10.1 Å². The molecule has 1 amide bonds. The summed E-state index contributed by atoms with van der Waals surface area (Å²) in [6.45, 7) is 0.337. The van der Waals surface area contributed by atoms with E-state index in [4.69, 9.17) is 22.2 Å². The van der Waals surface area contributed by atoms with Crippen molar-refractivity contribution in [3.63, 3.8) is 0 Å². The number of hydrogen-bond acceptors (Lipinski definition) is 4. The normalized spacial score (nSPS) is 20.0. The highest BCUT2D eigenvalue weighted by atomic mass is 32.1. The van der Waals surface area contributed by atoms with Crippen LogP contribution in [0.4, 0.5) is 4.39 Å². The second-order valence-electron chi connectivity index (χ2n) is 6.99. The van der Waals surface area contributed by atoms with Gasteiger partial charge in [0.1, 0.15) is 11.6 Å². The van der Waals surface area contributed by atoms with E-state index in [0.29, 0.717) is 30.7 Å². The summed E-state index contributed by atoms with van der Waals surface area (Å²) >= 11 is 5.05. The van der Waals surface area contributed by atoms with E-state index in [-0.39, 0.29) is 22.9 Å². The molecular formula is C21H21FN4O2S. The molecule has 2 aromatic rings. The number of thiocarbonyl (C=S) groups is 1. The highest BCUT2D eigenvalue weighted by Crippen LogP contribution is 2.43. The first-order chi connectivity index (χ1) is 14.0. The Bertz CT molecular complexity index is 954. The second-order valence-corrected chi connectivity index (χ2v) is 7.40. The predicted octanol–water partition coefficient (Wildman–Crippen LogP) is 2.61. The van der Waals surface area contributed by atoms with Gasteiger partial charge < -0.3 is 15.4 Å². The Kier molecular flexibility index (Phi) is 6.29. The van der Waals surface area contributed by atoms with Gasteiger partial charge in [0.15, 0.2) is 11.3 Å². The molecule has 0 aromatic heterocycles. The van der Waals surface area contributed by atoms with Crippen molar-refractivity contribution in [1.82, 2.24) is 16.0 Å². The van der Waals surface area contributed by atoms with E-state index in [2.05, 4.69) is 16.0 Å². The highest BCUT2D eigenvalue weighted by Gasteiger charge is 2.46. The third kappa shape index (κ3) is 4.63. The van der Waals surface area contributed by atoms with Crippen molar-refractivity contribution in [3.8, 4) is 11.9 Å². The number of carbonyl (C=O) groups excluding carboxylic acids is 1. The largest absolute Gasteiger partial charge is 0.496 e. The first-order valence-electron chi connectivity index (χ1n) is 9.10. The minimum atomic E-state index is -0.431. The molecule has 150 valence electrons. The third-order valence-corrected chi connectivity index (χ3v) is 5.37. The minimum absolute atomic E-state index is 0.0229. The van der Waals surface area contributed by atoms with Gasteiger partial charge in [0.2, 0.25) is 0 Å². The number of nitriles is 1. The molecule has 0 heterocycles. The topological polar surface area (TPSA) is 86.2 Å². The lowest BCUT2D eigenvalue weighted by Gasteiger charge is -2.48. The molecule has 1 saturated carbocycles. The van der Waals surface area contributed by atoms with Gasteiger partial charge in [0.25, 0.3) is 5.91 Å². The summed E-state index contributed by atoms with van der Waals surface area (Å²) in [5, 5.41) is 17.3. The van der Waals surface area contributed by atoms with Gasteiger partial charge >= 0.3 is 0 Å². The van der Waals surface area contributed by atoms with Crippen LogP contribution in [0.1, 0.15) is 28.8 Å². The highest BCUT2D eigenvalue weighted by molar-refractivity contribution is 7.80. The van der Waals surface area contributed by atoms with Crippen molar-refractivity contribution in [2.45, 2.75) is 24.3 Å². The van der Waals surface area contributed by atoms with Gasteiger partial charge in [-0.25, -0.2) is 4.39 Å². The number of rotatable bonds is 6. The summed E-state index contributed by atoms with van der Waals surface area (Å²) < 4.78 is 19.1. The van der Waals surface area contributed by atoms with Crippen LogP contribution in [0, 0.1) is 17.3 Å². The Hall–Kier alpha value is -3.18. The average molecular weight is 412 g/mol. The summed E-state index contributed by atoms with van der Waals surface area (Å²) in [5.74, 6) is -0.0850. The van der Waals surface area contributed by atoms with Gasteiger partial charge in [-0.1, -0.05) is 24.3 Å². The number of amides is 1. The molecule has 0 bridgehead atoms. The Morgan fingerprint density at radius 1 is 1.31 bits per heavy atom. The van der Waals surface area contributed by atoms with E-state index in [1.165, 1.54) is 19.2 Å². The lowest BCUT2D eigenvalue weighted by molar-refractivity contribution is 0.0912. The molecule has 1 aliphatic carbocycles. The number of nitrogens with zero attached hydrogens (tertiary/aromatic N) is 1. The first kappa shape index (κ1) is 20.6. The second kappa shape index (κ2) is 8.88. The van der Waals surface area contributed by atoms with Crippen molar-refractivity contribution < 1.29 is 13.9 Å². The van der Waals surface area contributed by atoms with Crippen molar-refractivity contribution >= 4 is 23.2 Å². The molecular weight excluding hydrogens is 391 g/mol. The maximum absolute atomic E-state index is 13.8. The zero-order valence-corrected chi connectivity index (χ0v) is 16.7. The van der Waals surface area contributed by atoms with Crippen molar-refractivity contribution in [2.75, 3.05) is 13.7 Å². The number of halogens is 1. The van der Waals surface area contributed by atoms with Crippen LogP contribution in [0.5, 0.6) is 5.75 Å². The van der Waals surface area contributed by atoms with E-state index in [0.717, 1.165) is 5.56 Å². The number of para-hydroxylation sites is 1. The molecule has 8 heteroatoms. The molecule has 0 saturated heterocycles. The standard InChI is InChI=1S/C21H21FN4O2S/c1-28-18-8-3-2-7-17(18)19(27)24-12-21(14-5-4-6-15(22)9-14)10-16(11-21)26-20(29)25-13-23/h2-9,16H,10-12H2,1H3,(H,24,27)(H2,25,26,29). The Balaban J connectivity index is 1.74. The first-order valence-corrected chi connectivity index (χ1v) is 9.51. The molecule has 1 fully saturated rings. The number of nitrogens with one attached hydrogen (secondary N) is 3. The van der Waals surface area contributed by atoms with E-state index < -0.39 is 5.41 Å². The number of ether oxygens (including phenoxy) is 1. The SMILES string of the molecule is COc1ccccc1C(=O)NCC1(c2cccc(F)c2)CC(NC(=S)NC#N)C1. The number of benzene rings is 2. The average Bonchev–Trinajstić information content (AvgIpc) is 2.69. The summed E-state index contributed by atoms with van der Waals surface area (Å²) in [7, 11) is 1.51. The van der Waals surface area contributed by atoms with E-state index in [9.17, 15) is 9.18 Å². The Morgan fingerprint density at radius 3 is 2.76 bits per heavy atom. The van der Waals surface area contributed by atoms with Crippen molar-refractivity contribution in [2.24, 2.45) is 0 Å². The molecule has 29 heavy (non-hydrogen) atoms. The zero-order valence-electron chi connectivity index (χ0n) is 15.9. The quantitative estimate of drug-likeness (QED) is 0.384. The molecule has 0 aliphatic heterocycles. The van der Waals surface area contributed by atoms with Gasteiger partial charge in [-0.15, -0.1) is 0 Å². The molecule has 3 N–H and O–H groups in total. The molecule has 1 aliphatic rings.